The lowest BCUT2D eigenvalue weighted by Crippen LogP contribution is -2.17. The maximum atomic E-state index is 13.6. The van der Waals surface area contributed by atoms with Gasteiger partial charge >= 0.3 is 0 Å². The van der Waals surface area contributed by atoms with Crippen molar-refractivity contribution in [3.63, 3.8) is 0 Å². The fourth-order valence-electron chi connectivity index (χ4n) is 2.30. The number of benzene rings is 2. The maximum absolute atomic E-state index is 13.6. The third kappa shape index (κ3) is 4.81. The molecule has 1 heterocycles. The van der Waals surface area contributed by atoms with E-state index in [-0.39, 0.29) is 18.2 Å². The topological polar surface area (TPSA) is 38.0 Å². The first-order valence-electron chi connectivity index (χ1n) is 7.73. The van der Waals surface area contributed by atoms with Crippen molar-refractivity contribution in [1.29, 1.82) is 0 Å². The van der Waals surface area contributed by atoms with Crippen LogP contribution in [-0.4, -0.2) is 32.1 Å². The Morgan fingerprint density at radius 1 is 1.08 bits per heavy atom. The van der Waals surface area contributed by atoms with Crippen LogP contribution in [0.4, 0.5) is 4.39 Å². The van der Waals surface area contributed by atoms with Crippen LogP contribution in [0, 0.1) is 5.82 Å². The van der Waals surface area contributed by atoms with Gasteiger partial charge in [-0.15, -0.1) is 12.4 Å². The number of rotatable bonds is 5. The van der Waals surface area contributed by atoms with Crippen molar-refractivity contribution in [2.24, 2.45) is 5.16 Å². The predicted octanol–water partition coefficient (Wildman–Crippen LogP) is 4.05. The summed E-state index contributed by atoms with van der Waals surface area (Å²) < 4.78 is 19.5. The molecule has 0 atom stereocenters. The molecule has 4 nitrogen and oxygen atoms in total. The zero-order chi connectivity index (χ0) is 16.9. The van der Waals surface area contributed by atoms with E-state index in [1.54, 1.807) is 12.1 Å². The standard InChI is InChI=1S/C19H19FN2O2.ClH/c1-22(2)10-11-23-21-17-13-19(14-6-4-3-5-7-14)24-18-9-8-15(20)12-16(17)18;/h3-9,12-13H,10-11H2,1-2H3;1H/b21-17-;. The van der Waals surface area contributed by atoms with Crippen molar-refractivity contribution in [2.45, 2.75) is 0 Å². The number of halogens is 2. The Morgan fingerprint density at radius 2 is 1.84 bits per heavy atom. The average Bonchev–Trinajstić information content (AvgIpc) is 2.59. The first-order chi connectivity index (χ1) is 11.6. The second-order valence-corrected chi connectivity index (χ2v) is 5.73. The molecule has 0 N–H and O–H groups in total. The summed E-state index contributed by atoms with van der Waals surface area (Å²) >= 11 is 0. The van der Waals surface area contributed by atoms with E-state index in [0.29, 0.717) is 28.7 Å². The van der Waals surface area contributed by atoms with E-state index in [4.69, 9.17) is 9.25 Å². The fraction of sp³-hybridized carbons (Fsp3) is 0.211. The molecule has 6 heteroatoms. The molecule has 25 heavy (non-hydrogen) atoms. The maximum Gasteiger partial charge on any atom is 0.137 e. The van der Waals surface area contributed by atoms with E-state index >= 15 is 0 Å². The third-order valence-electron chi connectivity index (χ3n) is 3.56. The van der Waals surface area contributed by atoms with Gasteiger partial charge in [-0.3, -0.25) is 0 Å². The Morgan fingerprint density at radius 3 is 2.56 bits per heavy atom. The highest BCUT2D eigenvalue weighted by atomic mass is 35.5. The molecule has 132 valence electrons. The Kier molecular flexibility index (Phi) is 6.56. The highest BCUT2D eigenvalue weighted by Crippen LogP contribution is 2.22. The van der Waals surface area contributed by atoms with Crippen molar-refractivity contribution in [3.8, 4) is 11.3 Å². The Hall–Kier alpha value is -2.37. The largest absolute Gasteiger partial charge is 0.456 e. The van der Waals surface area contributed by atoms with E-state index in [1.807, 2.05) is 49.3 Å². The summed E-state index contributed by atoms with van der Waals surface area (Å²) in [6.07, 6.45) is 0. The van der Waals surface area contributed by atoms with Crippen molar-refractivity contribution < 1.29 is 13.6 Å². The minimum atomic E-state index is -0.338. The quantitative estimate of drug-likeness (QED) is 0.507. The van der Waals surface area contributed by atoms with E-state index in [9.17, 15) is 4.39 Å². The van der Waals surface area contributed by atoms with Gasteiger partial charge in [0.1, 0.15) is 29.1 Å². The third-order valence-corrected chi connectivity index (χ3v) is 3.56. The number of likely N-dealkylation sites (N-methyl/N-ethyl adjacent to an activating group) is 1. The molecule has 1 aromatic heterocycles. The van der Waals surface area contributed by atoms with Gasteiger partial charge in [0.05, 0.1) is 0 Å². The number of hydrogen-bond acceptors (Lipinski definition) is 4. The van der Waals surface area contributed by atoms with Crippen LogP contribution in [0.15, 0.2) is 64.2 Å². The molecule has 0 aliphatic rings. The van der Waals surface area contributed by atoms with Crippen LogP contribution in [0.1, 0.15) is 0 Å². The minimum Gasteiger partial charge on any atom is -0.456 e. The molecule has 0 bridgehead atoms. The number of fused-ring (bicyclic) bond motifs is 1. The molecule has 0 aliphatic carbocycles. The van der Waals surface area contributed by atoms with Crippen LogP contribution in [0.25, 0.3) is 22.3 Å². The summed E-state index contributed by atoms with van der Waals surface area (Å²) in [5.74, 6) is 0.319. The zero-order valence-corrected chi connectivity index (χ0v) is 14.9. The highest BCUT2D eigenvalue weighted by molar-refractivity contribution is 5.85. The van der Waals surface area contributed by atoms with Gasteiger partial charge in [-0.1, -0.05) is 35.5 Å². The lowest BCUT2D eigenvalue weighted by atomic mass is 10.1. The van der Waals surface area contributed by atoms with Crippen LogP contribution in [0.5, 0.6) is 0 Å². The second-order valence-electron chi connectivity index (χ2n) is 5.73. The van der Waals surface area contributed by atoms with Crippen molar-refractivity contribution >= 4 is 23.4 Å². The van der Waals surface area contributed by atoms with Gasteiger partial charge in [0.15, 0.2) is 0 Å². The Balaban J connectivity index is 0.00000225. The fourth-order valence-corrected chi connectivity index (χ4v) is 2.30. The number of nitrogens with zero attached hydrogens (tertiary/aromatic N) is 2. The molecule has 0 radical (unpaired) electrons. The Bertz CT molecular complexity index is 895. The molecule has 0 amide bonds. The molecule has 0 aliphatic heterocycles. The van der Waals surface area contributed by atoms with Crippen LogP contribution in [-0.2, 0) is 4.84 Å². The number of hydrogen-bond donors (Lipinski definition) is 0. The van der Waals surface area contributed by atoms with Gasteiger partial charge < -0.3 is 14.2 Å². The zero-order valence-electron chi connectivity index (χ0n) is 14.1. The van der Waals surface area contributed by atoms with Gasteiger partial charge in [-0.25, -0.2) is 4.39 Å². The van der Waals surface area contributed by atoms with Crippen LogP contribution in [0.2, 0.25) is 0 Å². The molecule has 0 saturated carbocycles. The van der Waals surface area contributed by atoms with E-state index < -0.39 is 0 Å². The molecular formula is C19H20ClFN2O2. The Labute approximate surface area is 151 Å². The smallest absolute Gasteiger partial charge is 0.137 e. The molecular weight excluding hydrogens is 343 g/mol. The predicted molar refractivity (Wildman–Crippen MR) is 98.9 cm³/mol. The SMILES string of the molecule is CN(C)CCO/N=c1/cc(-c2ccccc2)oc2ccc(F)cc12.Cl. The molecule has 2 aromatic carbocycles. The normalized spacial score (nSPS) is 11.6. The molecule has 0 fully saturated rings. The summed E-state index contributed by atoms with van der Waals surface area (Å²) in [5, 5.41) is 5.31. The van der Waals surface area contributed by atoms with Crippen LogP contribution >= 0.6 is 12.4 Å². The molecule has 0 saturated heterocycles. The summed E-state index contributed by atoms with van der Waals surface area (Å²) in [6.45, 7) is 1.20. The second kappa shape index (κ2) is 8.65. The monoisotopic (exact) mass is 362 g/mol. The summed E-state index contributed by atoms with van der Waals surface area (Å²) in [5.41, 5.74) is 1.49. The first kappa shape index (κ1) is 19.0. The molecule has 3 rings (SSSR count). The van der Waals surface area contributed by atoms with E-state index in [2.05, 4.69) is 5.16 Å². The highest BCUT2D eigenvalue weighted by Gasteiger charge is 2.07. The molecule has 0 unspecified atom stereocenters. The van der Waals surface area contributed by atoms with E-state index in [1.165, 1.54) is 12.1 Å². The summed E-state index contributed by atoms with van der Waals surface area (Å²) in [4.78, 5) is 7.39. The van der Waals surface area contributed by atoms with Crippen molar-refractivity contribution in [1.82, 2.24) is 4.90 Å². The van der Waals surface area contributed by atoms with Gasteiger partial charge in [0.25, 0.3) is 0 Å². The van der Waals surface area contributed by atoms with Gasteiger partial charge in [-0.05, 0) is 32.3 Å². The lowest BCUT2D eigenvalue weighted by molar-refractivity contribution is 0.117. The summed E-state index contributed by atoms with van der Waals surface area (Å²) in [7, 11) is 3.92. The lowest BCUT2D eigenvalue weighted by Gasteiger charge is -2.08. The van der Waals surface area contributed by atoms with E-state index in [0.717, 1.165) is 12.1 Å². The van der Waals surface area contributed by atoms with Crippen LogP contribution in [0.3, 0.4) is 0 Å². The van der Waals surface area contributed by atoms with Crippen molar-refractivity contribution in [2.75, 3.05) is 27.2 Å². The minimum absolute atomic E-state index is 0. The first-order valence-corrected chi connectivity index (χ1v) is 7.73. The van der Waals surface area contributed by atoms with Gasteiger partial charge in [-0.2, -0.15) is 0 Å². The summed E-state index contributed by atoms with van der Waals surface area (Å²) in [6, 6.07) is 15.9. The van der Waals surface area contributed by atoms with Crippen molar-refractivity contribution in [3.05, 3.63) is 65.8 Å². The molecule has 3 aromatic rings. The average molecular weight is 363 g/mol. The van der Waals surface area contributed by atoms with Crippen LogP contribution < -0.4 is 5.36 Å². The van der Waals surface area contributed by atoms with Gasteiger partial charge in [0.2, 0.25) is 0 Å². The van der Waals surface area contributed by atoms with Gasteiger partial charge in [0, 0.05) is 23.6 Å². The molecule has 0 spiro atoms.